The summed E-state index contributed by atoms with van der Waals surface area (Å²) in [6, 6.07) is 8.86. The molecule has 3 rings (SSSR count). The number of amides is 1. The van der Waals surface area contributed by atoms with Crippen LogP contribution in [0.15, 0.2) is 46.1 Å². The van der Waals surface area contributed by atoms with Crippen LogP contribution in [0.25, 0.3) is 11.0 Å². The number of nitrogens with one attached hydrogen (secondary N) is 1. The van der Waals surface area contributed by atoms with E-state index >= 15 is 0 Å². The van der Waals surface area contributed by atoms with Crippen LogP contribution in [-0.2, 0) is 24.1 Å². The molecule has 0 radical (unpaired) electrons. The van der Waals surface area contributed by atoms with Crippen molar-refractivity contribution in [2.75, 3.05) is 12.4 Å². The summed E-state index contributed by atoms with van der Waals surface area (Å²) in [5.41, 5.74) is 1.70. The Labute approximate surface area is 179 Å². The van der Waals surface area contributed by atoms with Crippen molar-refractivity contribution in [2.24, 2.45) is 14.1 Å². The minimum atomic E-state index is -3.77. The van der Waals surface area contributed by atoms with E-state index in [-0.39, 0.29) is 27.2 Å². The first-order chi connectivity index (χ1) is 13.9. The molecule has 0 unspecified atom stereocenters. The molecular weight excluding hydrogens is 428 g/mol. The smallest absolute Gasteiger partial charge is 0.322 e. The highest BCUT2D eigenvalue weighted by Crippen LogP contribution is 2.25. The van der Waals surface area contributed by atoms with Gasteiger partial charge in [0.05, 0.1) is 26.5 Å². The first-order valence-corrected chi connectivity index (χ1v) is 11.0. The van der Waals surface area contributed by atoms with E-state index < -0.39 is 15.9 Å². The monoisotopic (exact) mass is 450 g/mol. The van der Waals surface area contributed by atoms with Gasteiger partial charge in [-0.2, -0.15) is 4.31 Å². The first kappa shape index (κ1) is 22.1. The van der Waals surface area contributed by atoms with Gasteiger partial charge in [-0.25, -0.2) is 13.2 Å². The number of rotatable bonds is 5. The van der Waals surface area contributed by atoms with Gasteiger partial charge in [0.25, 0.3) is 5.91 Å². The lowest BCUT2D eigenvalue weighted by Crippen LogP contribution is -2.33. The molecule has 160 valence electrons. The lowest BCUT2D eigenvalue weighted by atomic mass is 10.2. The quantitative estimate of drug-likeness (QED) is 0.646. The normalized spacial score (nSPS) is 12.1. The van der Waals surface area contributed by atoms with E-state index in [4.69, 9.17) is 11.6 Å². The van der Waals surface area contributed by atoms with Crippen LogP contribution < -0.4 is 11.0 Å². The molecular formula is C20H23ClN4O4S. The number of hydrogen-bond donors (Lipinski definition) is 1. The zero-order valence-electron chi connectivity index (χ0n) is 17.3. The molecule has 0 saturated heterocycles. The van der Waals surface area contributed by atoms with Crippen LogP contribution in [0, 0.1) is 0 Å². The number of fused-ring (bicyclic) bond motifs is 1. The highest BCUT2D eigenvalue weighted by molar-refractivity contribution is 7.89. The third-order valence-electron chi connectivity index (χ3n) is 5.12. The highest BCUT2D eigenvalue weighted by Gasteiger charge is 2.25. The third kappa shape index (κ3) is 3.76. The van der Waals surface area contributed by atoms with Crippen LogP contribution in [0.4, 0.5) is 5.69 Å². The maximum atomic E-state index is 12.8. The summed E-state index contributed by atoms with van der Waals surface area (Å²) < 4.78 is 29.7. The number of benzene rings is 2. The summed E-state index contributed by atoms with van der Waals surface area (Å²) in [6.45, 7) is 3.52. The Kier molecular flexibility index (Phi) is 5.81. The number of nitrogens with zero attached hydrogens (tertiary/aromatic N) is 3. The lowest BCUT2D eigenvalue weighted by Gasteiger charge is -2.21. The third-order valence-corrected chi connectivity index (χ3v) is 7.48. The predicted octanol–water partition coefficient (Wildman–Crippen LogP) is 2.81. The second-order valence-corrected chi connectivity index (χ2v) is 9.72. The number of sulfonamides is 1. The molecule has 0 saturated carbocycles. The first-order valence-electron chi connectivity index (χ1n) is 9.19. The fourth-order valence-corrected chi connectivity index (χ4v) is 4.66. The molecule has 2 aromatic carbocycles. The summed E-state index contributed by atoms with van der Waals surface area (Å²) in [7, 11) is 1.03. The number of aryl methyl sites for hydroxylation is 2. The Balaban J connectivity index is 1.97. The topological polar surface area (TPSA) is 93.4 Å². The molecule has 0 aliphatic carbocycles. The number of halogens is 1. The molecule has 1 amide bonds. The van der Waals surface area contributed by atoms with Gasteiger partial charge in [0.1, 0.15) is 0 Å². The number of aromatic nitrogens is 2. The largest absolute Gasteiger partial charge is 0.328 e. The summed E-state index contributed by atoms with van der Waals surface area (Å²) in [6.07, 6.45) is 0. The van der Waals surface area contributed by atoms with E-state index in [1.54, 1.807) is 46.1 Å². The van der Waals surface area contributed by atoms with Gasteiger partial charge in [0.15, 0.2) is 0 Å². The van der Waals surface area contributed by atoms with E-state index in [0.29, 0.717) is 11.2 Å². The Morgan fingerprint density at radius 1 is 1.07 bits per heavy atom. The van der Waals surface area contributed by atoms with Crippen molar-refractivity contribution in [2.45, 2.75) is 24.8 Å². The summed E-state index contributed by atoms with van der Waals surface area (Å²) in [4.78, 5) is 24.9. The van der Waals surface area contributed by atoms with Gasteiger partial charge in [-0.3, -0.25) is 13.9 Å². The van der Waals surface area contributed by atoms with Crippen molar-refractivity contribution in [1.29, 1.82) is 0 Å². The van der Waals surface area contributed by atoms with Crippen molar-refractivity contribution in [3.05, 3.63) is 57.5 Å². The summed E-state index contributed by atoms with van der Waals surface area (Å²) >= 11 is 6.18. The van der Waals surface area contributed by atoms with Gasteiger partial charge in [-0.15, -0.1) is 0 Å². The number of anilines is 1. The molecule has 0 aliphatic heterocycles. The Morgan fingerprint density at radius 3 is 2.33 bits per heavy atom. The predicted molar refractivity (Wildman–Crippen MR) is 118 cm³/mol. The zero-order valence-corrected chi connectivity index (χ0v) is 18.9. The average Bonchev–Trinajstić information content (AvgIpc) is 2.91. The Hall–Kier alpha value is -2.62. The molecule has 8 nitrogen and oxygen atoms in total. The van der Waals surface area contributed by atoms with E-state index in [1.807, 2.05) is 0 Å². The number of carbonyl (C=O) groups excluding carboxylic acids is 1. The van der Waals surface area contributed by atoms with Crippen LogP contribution in [-0.4, -0.2) is 40.9 Å². The Morgan fingerprint density at radius 2 is 1.70 bits per heavy atom. The van der Waals surface area contributed by atoms with Gasteiger partial charge in [0.2, 0.25) is 10.0 Å². The van der Waals surface area contributed by atoms with E-state index in [9.17, 15) is 18.0 Å². The summed E-state index contributed by atoms with van der Waals surface area (Å²) in [5.74, 6) is -0.551. The minimum Gasteiger partial charge on any atom is -0.322 e. The van der Waals surface area contributed by atoms with Gasteiger partial charge < -0.3 is 5.32 Å². The number of carbonyl (C=O) groups is 1. The molecule has 0 atom stereocenters. The maximum Gasteiger partial charge on any atom is 0.328 e. The van der Waals surface area contributed by atoms with Gasteiger partial charge in [-0.1, -0.05) is 11.6 Å². The number of hydrogen-bond acceptors (Lipinski definition) is 4. The van der Waals surface area contributed by atoms with Gasteiger partial charge >= 0.3 is 5.69 Å². The van der Waals surface area contributed by atoms with E-state index in [0.717, 1.165) is 5.52 Å². The molecule has 30 heavy (non-hydrogen) atoms. The van der Waals surface area contributed by atoms with Crippen molar-refractivity contribution in [1.82, 2.24) is 13.4 Å². The molecule has 0 fully saturated rings. The van der Waals surface area contributed by atoms with Crippen LogP contribution in [0.1, 0.15) is 24.2 Å². The zero-order chi connectivity index (χ0) is 22.4. The maximum absolute atomic E-state index is 12.8. The van der Waals surface area contributed by atoms with Crippen LogP contribution in [0.5, 0.6) is 0 Å². The molecule has 1 heterocycles. The second kappa shape index (κ2) is 7.90. The van der Waals surface area contributed by atoms with Gasteiger partial charge in [0, 0.05) is 32.9 Å². The standard InChI is InChI=1S/C20H23ClN4O4S/c1-12(2)25(5)30(28,29)14-7-8-16(21)15(11-14)19(26)22-13-6-9-17-18(10-13)24(4)20(27)23(17)3/h6-12H,1-5H3,(H,22,26). The van der Waals surface area contributed by atoms with Crippen molar-refractivity contribution in [3.63, 3.8) is 0 Å². The van der Waals surface area contributed by atoms with Crippen molar-refractivity contribution < 1.29 is 13.2 Å². The van der Waals surface area contributed by atoms with E-state index in [1.165, 1.54) is 38.7 Å². The lowest BCUT2D eigenvalue weighted by molar-refractivity contribution is 0.102. The van der Waals surface area contributed by atoms with Crippen molar-refractivity contribution in [3.8, 4) is 0 Å². The fraction of sp³-hybridized carbons (Fsp3) is 0.300. The molecule has 1 N–H and O–H groups in total. The van der Waals surface area contributed by atoms with Crippen molar-refractivity contribution >= 4 is 44.3 Å². The Bertz CT molecular complexity index is 1310. The SMILES string of the molecule is CC(C)N(C)S(=O)(=O)c1ccc(Cl)c(C(=O)Nc2ccc3c(c2)n(C)c(=O)n3C)c1. The molecule has 10 heteroatoms. The molecule has 0 bridgehead atoms. The van der Waals surface area contributed by atoms with Crippen LogP contribution in [0.3, 0.4) is 0 Å². The van der Waals surface area contributed by atoms with Crippen LogP contribution in [0.2, 0.25) is 5.02 Å². The highest BCUT2D eigenvalue weighted by atomic mass is 35.5. The fourth-order valence-electron chi connectivity index (χ4n) is 3.07. The second-order valence-electron chi connectivity index (χ2n) is 7.31. The average molecular weight is 451 g/mol. The molecule has 3 aromatic rings. The molecule has 0 spiro atoms. The summed E-state index contributed by atoms with van der Waals surface area (Å²) in [5, 5.41) is 2.85. The van der Waals surface area contributed by atoms with E-state index in [2.05, 4.69) is 5.32 Å². The molecule has 1 aromatic heterocycles. The van der Waals surface area contributed by atoms with Gasteiger partial charge in [-0.05, 0) is 50.2 Å². The van der Waals surface area contributed by atoms with Crippen LogP contribution >= 0.6 is 11.6 Å². The number of imidazole rings is 1. The molecule has 0 aliphatic rings. The minimum absolute atomic E-state index is 0.0193.